The molecule has 0 spiro atoms. The van der Waals surface area contributed by atoms with Gasteiger partial charge in [-0.05, 0) is 53.8 Å². The van der Waals surface area contributed by atoms with E-state index in [-0.39, 0.29) is 25.0 Å². The van der Waals surface area contributed by atoms with Gasteiger partial charge in [0, 0.05) is 5.69 Å². The summed E-state index contributed by atoms with van der Waals surface area (Å²) in [6, 6.07) is 22.7. The molecule has 33 heavy (non-hydrogen) atoms. The molecule has 0 atom stereocenters. The number of amides is 1. The summed E-state index contributed by atoms with van der Waals surface area (Å²) in [7, 11) is 0. The van der Waals surface area contributed by atoms with E-state index in [9.17, 15) is 9.59 Å². The number of hydrogen-bond acceptors (Lipinski definition) is 5. The maximum atomic E-state index is 12.3. The number of aryl methyl sites for hydroxylation is 1. The van der Waals surface area contributed by atoms with Gasteiger partial charge in [0.25, 0.3) is 5.91 Å². The van der Waals surface area contributed by atoms with Crippen molar-refractivity contribution in [1.29, 1.82) is 0 Å². The Hall–Kier alpha value is -3.80. The first-order chi connectivity index (χ1) is 15.9. The lowest BCUT2D eigenvalue weighted by molar-refractivity contribution is -0.149. The monoisotopic (exact) mass is 447 g/mol. The lowest BCUT2D eigenvalue weighted by Gasteiger charge is -2.16. The van der Waals surface area contributed by atoms with Crippen LogP contribution in [-0.2, 0) is 20.9 Å². The Morgan fingerprint density at radius 3 is 2.15 bits per heavy atom. The summed E-state index contributed by atoms with van der Waals surface area (Å²) in [5, 5.41) is 2.85. The zero-order valence-corrected chi connectivity index (χ0v) is 19.2. The molecule has 0 aromatic heterocycles. The fourth-order valence-corrected chi connectivity index (χ4v) is 3.22. The number of para-hydroxylation sites is 1. The summed E-state index contributed by atoms with van der Waals surface area (Å²) >= 11 is 0. The zero-order chi connectivity index (χ0) is 23.6. The van der Waals surface area contributed by atoms with Crippen LogP contribution in [0.4, 0.5) is 5.69 Å². The van der Waals surface area contributed by atoms with Crippen LogP contribution in [-0.4, -0.2) is 25.1 Å². The molecule has 0 radical (unpaired) electrons. The zero-order valence-electron chi connectivity index (χ0n) is 19.2. The molecule has 0 saturated carbocycles. The molecule has 0 fully saturated rings. The van der Waals surface area contributed by atoms with Gasteiger partial charge in [0.1, 0.15) is 18.1 Å². The minimum atomic E-state index is -0.622. The lowest BCUT2D eigenvalue weighted by Crippen LogP contribution is -2.24. The van der Waals surface area contributed by atoms with Gasteiger partial charge < -0.3 is 19.5 Å². The highest BCUT2D eigenvalue weighted by molar-refractivity contribution is 5.94. The molecular formula is C27H29NO5. The smallest absolute Gasteiger partial charge is 0.344 e. The Bertz CT molecular complexity index is 1060. The van der Waals surface area contributed by atoms with Gasteiger partial charge in [-0.25, -0.2) is 4.79 Å². The molecule has 0 aliphatic carbocycles. The molecule has 6 nitrogen and oxygen atoms in total. The van der Waals surface area contributed by atoms with Crippen molar-refractivity contribution in [2.45, 2.75) is 33.3 Å². The first kappa shape index (κ1) is 23.9. The second-order valence-electron chi connectivity index (χ2n) is 7.94. The standard InChI is InChI=1S/C27H29NO5/c1-19(2)24-11-7-8-20(3)27(24)28-25(29)17-33-26(30)18-32-23-14-12-22(13-15-23)31-16-21-9-5-4-6-10-21/h4-15,19H,16-18H2,1-3H3,(H,28,29). The number of rotatable bonds is 10. The molecule has 0 heterocycles. The summed E-state index contributed by atoms with van der Waals surface area (Å²) in [6.45, 7) is 5.85. The molecule has 3 aromatic rings. The van der Waals surface area contributed by atoms with E-state index in [4.69, 9.17) is 14.2 Å². The summed E-state index contributed by atoms with van der Waals surface area (Å²) in [5.41, 5.74) is 3.83. The Morgan fingerprint density at radius 2 is 1.48 bits per heavy atom. The second kappa shape index (κ2) is 11.7. The highest BCUT2D eigenvalue weighted by Crippen LogP contribution is 2.27. The minimum absolute atomic E-state index is 0.256. The average molecular weight is 448 g/mol. The van der Waals surface area contributed by atoms with Crippen molar-refractivity contribution < 1.29 is 23.8 Å². The third kappa shape index (κ3) is 7.38. The molecule has 0 aliphatic heterocycles. The van der Waals surface area contributed by atoms with Crippen molar-refractivity contribution in [3.63, 3.8) is 0 Å². The molecule has 0 saturated heterocycles. The molecule has 3 aromatic carbocycles. The molecule has 6 heteroatoms. The highest BCUT2D eigenvalue weighted by Gasteiger charge is 2.14. The largest absolute Gasteiger partial charge is 0.489 e. The number of ether oxygens (including phenoxy) is 3. The summed E-state index contributed by atoms with van der Waals surface area (Å²) in [5.74, 6) is 0.446. The van der Waals surface area contributed by atoms with Crippen LogP contribution in [0.3, 0.4) is 0 Å². The maximum Gasteiger partial charge on any atom is 0.344 e. The van der Waals surface area contributed by atoms with E-state index in [2.05, 4.69) is 19.2 Å². The SMILES string of the molecule is Cc1cccc(C(C)C)c1NC(=O)COC(=O)COc1ccc(OCc2ccccc2)cc1. The summed E-state index contributed by atoms with van der Waals surface area (Å²) in [6.07, 6.45) is 0. The van der Waals surface area contributed by atoms with Crippen molar-refractivity contribution in [2.75, 3.05) is 18.5 Å². The van der Waals surface area contributed by atoms with Crippen molar-refractivity contribution in [2.24, 2.45) is 0 Å². The van der Waals surface area contributed by atoms with E-state index in [1.807, 2.05) is 55.5 Å². The topological polar surface area (TPSA) is 73.9 Å². The fourth-order valence-electron chi connectivity index (χ4n) is 3.22. The van der Waals surface area contributed by atoms with E-state index in [1.165, 1.54) is 0 Å². The number of benzene rings is 3. The third-order valence-electron chi connectivity index (χ3n) is 4.98. The predicted octanol–water partition coefficient (Wildman–Crippen LogP) is 5.26. The third-order valence-corrected chi connectivity index (χ3v) is 4.98. The Labute approximate surface area is 194 Å². The molecule has 0 unspecified atom stereocenters. The van der Waals surface area contributed by atoms with Gasteiger partial charge in [0.2, 0.25) is 0 Å². The van der Waals surface area contributed by atoms with E-state index in [1.54, 1.807) is 24.3 Å². The Balaban J connectivity index is 1.41. The molecule has 172 valence electrons. The highest BCUT2D eigenvalue weighted by atomic mass is 16.6. The van der Waals surface area contributed by atoms with E-state index >= 15 is 0 Å². The quantitative estimate of drug-likeness (QED) is 0.429. The molecular weight excluding hydrogens is 418 g/mol. The minimum Gasteiger partial charge on any atom is -0.489 e. The van der Waals surface area contributed by atoms with Gasteiger partial charge in [-0.3, -0.25) is 4.79 Å². The van der Waals surface area contributed by atoms with Crippen LogP contribution in [0.2, 0.25) is 0 Å². The number of nitrogens with one attached hydrogen (secondary N) is 1. The van der Waals surface area contributed by atoms with Gasteiger partial charge in [-0.15, -0.1) is 0 Å². The van der Waals surface area contributed by atoms with Crippen LogP contribution in [0.15, 0.2) is 72.8 Å². The van der Waals surface area contributed by atoms with Gasteiger partial charge in [-0.2, -0.15) is 0 Å². The number of carbonyl (C=O) groups excluding carboxylic acids is 2. The van der Waals surface area contributed by atoms with E-state index < -0.39 is 5.97 Å². The van der Waals surface area contributed by atoms with Crippen LogP contribution in [0.1, 0.15) is 36.5 Å². The summed E-state index contributed by atoms with van der Waals surface area (Å²) < 4.78 is 16.2. The average Bonchev–Trinajstić information content (AvgIpc) is 2.82. The maximum absolute atomic E-state index is 12.3. The first-order valence-electron chi connectivity index (χ1n) is 10.9. The van der Waals surface area contributed by atoms with E-state index in [0.717, 1.165) is 22.4 Å². The van der Waals surface area contributed by atoms with E-state index in [0.29, 0.717) is 18.1 Å². The normalized spacial score (nSPS) is 10.5. The molecule has 1 amide bonds. The van der Waals surface area contributed by atoms with Crippen molar-refractivity contribution in [1.82, 2.24) is 0 Å². The number of hydrogen-bond donors (Lipinski definition) is 1. The number of anilines is 1. The van der Waals surface area contributed by atoms with Gasteiger partial charge in [-0.1, -0.05) is 62.4 Å². The van der Waals surface area contributed by atoms with Crippen LogP contribution in [0.5, 0.6) is 11.5 Å². The number of esters is 1. The fraction of sp³-hybridized carbons (Fsp3) is 0.259. The first-order valence-corrected chi connectivity index (χ1v) is 10.9. The Morgan fingerprint density at radius 1 is 0.818 bits per heavy atom. The molecule has 0 bridgehead atoms. The van der Waals surface area contributed by atoms with Crippen LogP contribution >= 0.6 is 0 Å². The van der Waals surface area contributed by atoms with Crippen LogP contribution in [0.25, 0.3) is 0 Å². The van der Waals surface area contributed by atoms with Gasteiger partial charge >= 0.3 is 5.97 Å². The van der Waals surface area contributed by atoms with Crippen molar-refractivity contribution in [3.8, 4) is 11.5 Å². The number of carbonyl (C=O) groups is 2. The van der Waals surface area contributed by atoms with Gasteiger partial charge in [0.05, 0.1) is 0 Å². The predicted molar refractivity (Wildman–Crippen MR) is 128 cm³/mol. The molecule has 0 aliphatic rings. The molecule has 1 N–H and O–H groups in total. The Kier molecular flexibility index (Phi) is 8.47. The van der Waals surface area contributed by atoms with Crippen molar-refractivity contribution >= 4 is 17.6 Å². The van der Waals surface area contributed by atoms with Crippen molar-refractivity contribution in [3.05, 3.63) is 89.5 Å². The van der Waals surface area contributed by atoms with Gasteiger partial charge in [0.15, 0.2) is 13.2 Å². The second-order valence-corrected chi connectivity index (χ2v) is 7.94. The van der Waals surface area contributed by atoms with Crippen LogP contribution in [0, 0.1) is 6.92 Å². The van der Waals surface area contributed by atoms with Crippen LogP contribution < -0.4 is 14.8 Å². The lowest BCUT2D eigenvalue weighted by atomic mass is 9.98. The summed E-state index contributed by atoms with van der Waals surface area (Å²) in [4.78, 5) is 24.3. The molecule has 3 rings (SSSR count).